The van der Waals surface area contributed by atoms with Crippen molar-refractivity contribution in [2.24, 2.45) is 0 Å². The molecule has 128 valence electrons. The minimum absolute atomic E-state index is 0.0611. The summed E-state index contributed by atoms with van der Waals surface area (Å²) >= 11 is 1.10. The Bertz CT molecular complexity index is 825. The standard InChI is InChI=1S/C16H17FN2O3S2/c17-13-5-3-12(4-6-13)11-18-16(20)15-14(7-10-23-15)24(21,22)19-8-1-2-9-19/h3-7,10H,1-2,8-9,11H2,(H,18,20). The molecule has 24 heavy (non-hydrogen) atoms. The van der Waals surface area contributed by atoms with E-state index >= 15 is 0 Å². The molecule has 0 radical (unpaired) electrons. The topological polar surface area (TPSA) is 66.5 Å². The highest BCUT2D eigenvalue weighted by Gasteiger charge is 2.31. The summed E-state index contributed by atoms with van der Waals surface area (Å²) in [4.78, 5) is 12.6. The van der Waals surface area contributed by atoms with E-state index in [9.17, 15) is 17.6 Å². The highest BCUT2D eigenvalue weighted by atomic mass is 32.2. The zero-order valence-corrected chi connectivity index (χ0v) is 14.5. The Morgan fingerprint density at radius 3 is 2.50 bits per heavy atom. The van der Waals surface area contributed by atoms with Gasteiger partial charge in [-0.2, -0.15) is 4.31 Å². The highest BCUT2D eigenvalue weighted by Crippen LogP contribution is 2.27. The van der Waals surface area contributed by atoms with E-state index in [-0.39, 0.29) is 22.1 Å². The number of thiophene rings is 1. The van der Waals surface area contributed by atoms with Crippen molar-refractivity contribution < 1.29 is 17.6 Å². The minimum atomic E-state index is -3.63. The van der Waals surface area contributed by atoms with Crippen molar-refractivity contribution >= 4 is 27.3 Å². The lowest BCUT2D eigenvalue weighted by Crippen LogP contribution is -2.30. The van der Waals surface area contributed by atoms with Gasteiger partial charge in [-0.1, -0.05) is 12.1 Å². The number of benzene rings is 1. The van der Waals surface area contributed by atoms with Crippen LogP contribution in [-0.2, 0) is 16.6 Å². The first-order chi connectivity index (χ1) is 11.5. The second-order valence-corrected chi connectivity index (χ2v) is 8.36. The van der Waals surface area contributed by atoms with E-state index in [1.54, 1.807) is 17.5 Å². The molecule has 1 amide bonds. The molecule has 0 spiro atoms. The van der Waals surface area contributed by atoms with Gasteiger partial charge >= 0.3 is 0 Å². The van der Waals surface area contributed by atoms with Crippen LogP contribution in [-0.4, -0.2) is 31.7 Å². The van der Waals surface area contributed by atoms with Crippen molar-refractivity contribution in [1.82, 2.24) is 9.62 Å². The molecule has 2 aromatic rings. The zero-order valence-electron chi connectivity index (χ0n) is 12.9. The van der Waals surface area contributed by atoms with E-state index in [0.29, 0.717) is 13.1 Å². The minimum Gasteiger partial charge on any atom is -0.347 e. The fourth-order valence-corrected chi connectivity index (χ4v) is 5.43. The third-order valence-corrected chi connectivity index (χ3v) is 6.87. The lowest BCUT2D eigenvalue weighted by atomic mass is 10.2. The third-order valence-electron chi connectivity index (χ3n) is 3.88. The number of rotatable bonds is 5. The lowest BCUT2D eigenvalue weighted by Gasteiger charge is -2.15. The Morgan fingerprint density at radius 2 is 1.83 bits per heavy atom. The maximum atomic E-state index is 12.9. The van der Waals surface area contributed by atoms with Gasteiger partial charge in [-0.25, -0.2) is 12.8 Å². The van der Waals surface area contributed by atoms with Gasteiger partial charge in [0.1, 0.15) is 15.6 Å². The summed E-state index contributed by atoms with van der Waals surface area (Å²) in [7, 11) is -3.63. The van der Waals surface area contributed by atoms with E-state index in [2.05, 4.69) is 5.32 Å². The molecule has 0 unspecified atom stereocenters. The number of nitrogens with one attached hydrogen (secondary N) is 1. The van der Waals surface area contributed by atoms with Crippen LogP contribution in [0.2, 0.25) is 0 Å². The normalized spacial score (nSPS) is 15.5. The molecule has 1 fully saturated rings. The van der Waals surface area contributed by atoms with E-state index in [1.165, 1.54) is 22.5 Å². The predicted molar refractivity (Wildman–Crippen MR) is 89.9 cm³/mol. The fraction of sp³-hybridized carbons (Fsp3) is 0.312. The van der Waals surface area contributed by atoms with Gasteiger partial charge in [0.2, 0.25) is 10.0 Å². The van der Waals surface area contributed by atoms with Gasteiger partial charge in [-0.05, 0) is 42.0 Å². The van der Waals surface area contributed by atoms with Crippen LogP contribution < -0.4 is 5.32 Å². The van der Waals surface area contributed by atoms with Crippen LogP contribution in [0.25, 0.3) is 0 Å². The number of hydrogen-bond acceptors (Lipinski definition) is 4. The van der Waals surface area contributed by atoms with Crippen LogP contribution >= 0.6 is 11.3 Å². The number of sulfonamides is 1. The fourth-order valence-electron chi connectivity index (χ4n) is 2.60. The zero-order chi connectivity index (χ0) is 17.2. The first-order valence-corrected chi connectivity index (χ1v) is 9.91. The largest absolute Gasteiger partial charge is 0.347 e. The molecule has 3 rings (SSSR count). The molecule has 0 aliphatic carbocycles. The summed E-state index contributed by atoms with van der Waals surface area (Å²) in [5.41, 5.74) is 0.741. The average molecular weight is 368 g/mol. The first kappa shape index (κ1) is 17.1. The number of hydrogen-bond donors (Lipinski definition) is 1. The molecule has 1 saturated heterocycles. The van der Waals surface area contributed by atoms with E-state index in [0.717, 1.165) is 29.7 Å². The Hall–Kier alpha value is -1.77. The molecule has 1 aliphatic heterocycles. The summed E-state index contributed by atoms with van der Waals surface area (Å²) in [6.45, 7) is 1.20. The molecule has 0 saturated carbocycles. The molecule has 8 heteroatoms. The number of halogens is 1. The van der Waals surface area contributed by atoms with Crippen LogP contribution in [0.15, 0.2) is 40.6 Å². The number of nitrogens with zero attached hydrogens (tertiary/aromatic N) is 1. The first-order valence-electron chi connectivity index (χ1n) is 7.59. The van der Waals surface area contributed by atoms with E-state index in [4.69, 9.17) is 0 Å². The number of carbonyl (C=O) groups is 1. The van der Waals surface area contributed by atoms with Crippen molar-refractivity contribution in [3.63, 3.8) is 0 Å². The van der Waals surface area contributed by atoms with Crippen molar-refractivity contribution in [2.45, 2.75) is 24.3 Å². The van der Waals surface area contributed by atoms with Gasteiger partial charge in [0.05, 0.1) is 0 Å². The lowest BCUT2D eigenvalue weighted by molar-refractivity contribution is 0.0952. The van der Waals surface area contributed by atoms with Gasteiger partial charge in [-0.15, -0.1) is 11.3 Å². The summed E-state index contributed by atoms with van der Waals surface area (Å²) in [5, 5.41) is 4.30. The molecule has 1 aromatic carbocycles. The maximum absolute atomic E-state index is 12.9. The van der Waals surface area contributed by atoms with Crippen LogP contribution in [0.5, 0.6) is 0 Å². The van der Waals surface area contributed by atoms with E-state index in [1.807, 2.05) is 0 Å². The third kappa shape index (κ3) is 3.50. The SMILES string of the molecule is O=C(NCc1ccc(F)cc1)c1sccc1S(=O)(=O)N1CCCC1. The maximum Gasteiger partial charge on any atom is 0.263 e. The molecular formula is C16H17FN2O3S2. The average Bonchev–Trinajstić information content (AvgIpc) is 3.25. The smallest absolute Gasteiger partial charge is 0.263 e. The second-order valence-electron chi connectivity index (χ2n) is 5.53. The van der Waals surface area contributed by atoms with Crippen LogP contribution in [0.3, 0.4) is 0 Å². The quantitative estimate of drug-likeness (QED) is 0.882. The predicted octanol–water partition coefficient (Wildman–Crippen LogP) is 2.60. The molecule has 0 bridgehead atoms. The summed E-state index contributed by atoms with van der Waals surface area (Å²) in [6, 6.07) is 7.26. The number of amides is 1. The molecule has 1 N–H and O–H groups in total. The van der Waals surface area contributed by atoms with Gasteiger partial charge < -0.3 is 5.32 Å². The Labute approximate surface area is 144 Å². The molecular weight excluding hydrogens is 351 g/mol. The highest BCUT2D eigenvalue weighted by molar-refractivity contribution is 7.89. The van der Waals surface area contributed by atoms with Crippen LogP contribution in [0.1, 0.15) is 28.1 Å². The summed E-state index contributed by atoms with van der Waals surface area (Å²) in [5.74, 6) is -0.783. The van der Waals surface area contributed by atoms with Crippen LogP contribution in [0, 0.1) is 5.82 Å². The Kier molecular flexibility index (Phi) is 4.98. The summed E-state index contributed by atoms with van der Waals surface area (Å²) in [6.07, 6.45) is 1.69. The van der Waals surface area contributed by atoms with Gasteiger partial charge in [0.25, 0.3) is 5.91 Å². The second kappa shape index (κ2) is 7.00. The molecule has 1 aromatic heterocycles. The van der Waals surface area contributed by atoms with Crippen molar-refractivity contribution in [3.8, 4) is 0 Å². The monoisotopic (exact) mass is 368 g/mol. The number of carbonyl (C=O) groups excluding carboxylic acids is 1. The van der Waals surface area contributed by atoms with E-state index < -0.39 is 15.9 Å². The van der Waals surface area contributed by atoms with Crippen molar-refractivity contribution in [1.29, 1.82) is 0 Å². The molecule has 0 atom stereocenters. The Morgan fingerprint density at radius 1 is 1.17 bits per heavy atom. The molecule has 5 nitrogen and oxygen atoms in total. The van der Waals surface area contributed by atoms with Crippen molar-refractivity contribution in [2.75, 3.05) is 13.1 Å². The molecule has 1 aliphatic rings. The summed E-state index contributed by atoms with van der Waals surface area (Å²) < 4.78 is 39.6. The molecule has 2 heterocycles. The van der Waals surface area contributed by atoms with Gasteiger partial charge in [0, 0.05) is 19.6 Å². The van der Waals surface area contributed by atoms with Gasteiger partial charge in [-0.3, -0.25) is 4.79 Å². The van der Waals surface area contributed by atoms with Crippen molar-refractivity contribution in [3.05, 3.63) is 52.0 Å². The van der Waals surface area contributed by atoms with Crippen LogP contribution in [0.4, 0.5) is 4.39 Å². The Balaban J connectivity index is 1.74. The van der Waals surface area contributed by atoms with Gasteiger partial charge in [0.15, 0.2) is 0 Å².